The van der Waals surface area contributed by atoms with Crippen LogP contribution in [0, 0.1) is 0 Å². The molecule has 1 amide bonds. The monoisotopic (exact) mass is 391 g/mol. The van der Waals surface area contributed by atoms with Crippen LogP contribution in [0.15, 0.2) is 54.6 Å². The predicted molar refractivity (Wildman–Crippen MR) is 93.1 cm³/mol. The molecular formula is C18H16F3N5O2. The minimum absolute atomic E-state index is 0.104. The zero-order chi connectivity index (χ0) is 20.0. The zero-order valence-corrected chi connectivity index (χ0v) is 14.6. The van der Waals surface area contributed by atoms with Crippen molar-refractivity contribution in [2.45, 2.75) is 19.3 Å². The summed E-state index contributed by atoms with van der Waals surface area (Å²) in [6.07, 6.45) is -4.39. The number of amides is 1. The number of halogens is 3. The Morgan fingerprint density at radius 2 is 1.79 bits per heavy atom. The second kappa shape index (κ2) is 8.51. The number of carbonyl (C=O) groups excluding carboxylic acids is 1. The number of carbonyl (C=O) groups is 1. The molecule has 1 aromatic heterocycles. The Kier molecular flexibility index (Phi) is 5.87. The van der Waals surface area contributed by atoms with Gasteiger partial charge in [0.15, 0.2) is 6.61 Å². The van der Waals surface area contributed by atoms with Crippen LogP contribution in [-0.2, 0) is 17.9 Å². The standard InChI is InChI=1S/C18H16F3N5O2/c19-18(20,21)12-28-15-8-6-13(7-9-15)10-22-16(27)11-26-24-17(23-25-26)14-4-2-1-3-5-14/h1-9H,10-12H2,(H,22,27). The topological polar surface area (TPSA) is 81.9 Å². The van der Waals surface area contributed by atoms with E-state index in [1.807, 2.05) is 30.3 Å². The van der Waals surface area contributed by atoms with Gasteiger partial charge in [-0.2, -0.15) is 18.0 Å². The van der Waals surface area contributed by atoms with Gasteiger partial charge in [-0.05, 0) is 22.9 Å². The van der Waals surface area contributed by atoms with E-state index >= 15 is 0 Å². The van der Waals surface area contributed by atoms with Gasteiger partial charge in [-0.1, -0.05) is 42.5 Å². The number of aromatic nitrogens is 4. The molecule has 0 radical (unpaired) electrons. The van der Waals surface area contributed by atoms with Gasteiger partial charge < -0.3 is 10.1 Å². The van der Waals surface area contributed by atoms with Crippen LogP contribution in [0.4, 0.5) is 13.2 Å². The van der Waals surface area contributed by atoms with Crippen LogP contribution in [0.5, 0.6) is 5.75 Å². The largest absolute Gasteiger partial charge is 0.484 e. The van der Waals surface area contributed by atoms with Crippen molar-refractivity contribution in [1.29, 1.82) is 0 Å². The van der Waals surface area contributed by atoms with E-state index in [2.05, 4.69) is 25.5 Å². The highest BCUT2D eigenvalue weighted by Crippen LogP contribution is 2.18. The first-order valence-electron chi connectivity index (χ1n) is 8.27. The van der Waals surface area contributed by atoms with Gasteiger partial charge >= 0.3 is 6.18 Å². The Morgan fingerprint density at radius 1 is 1.07 bits per heavy atom. The Balaban J connectivity index is 1.47. The molecule has 0 spiro atoms. The molecule has 0 saturated heterocycles. The fourth-order valence-electron chi connectivity index (χ4n) is 2.27. The number of hydrogen-bond acceptors (Lipinski definition) is 5. The van der Waals surface area contributed by atoms with E-state index in [1.54, 1.807) is 12.1 Å². The molecule has 28 heavy (non-hydrogen) atoms. The molecular weight excluding hydrogens is 375 g/mol. The number of alkyl halides is 3. The molecule has 0 aliphatic heterocycles. The smallest absolute Gasteiger partial charge is 0.422 e. The molecule has 0 fully saturated rings. The summed E-state index contributed by atoms with van der Waals surface area (Å²) in [6.45, 7) is -1.25. The van der Waals surface area contributed by atoms with Crippen molar-refractivity contribution in [3.8, 4) is 17.1 Å². The van der Waals surface area contributed by atoms with Crippen molar-refractivity contribution in [1.82, 2.24) is 25.5 Å². The van der Waals surface area contributed by atoms with E-state index < -0.39 is 12.8 Å². The molecule has 3 rings (SSSR count). The average molecular weight is 391 g/mol. The van der Waals surface area contributed by atoms with Crippen molar-refractivity contribution in [2.75, 3.05) is 6.61 Å². The molecule has 0 unspecified atom stereocenters. The van der Waals surface area contributed by atoms with Gasteiger partial charge in [0.2, 0.25) is 11.7 Å². The highest BCUT2D eigenvalue weighted by Gasteiger charge is 2.28. The molecule has 2 aromatic carbocycles. The minimum Gasteiger partial charge on any atom is -0.484 e. The van der Waals surface area contributed by atoms with Gasteiger partial charge in [-0.15, -0.1) is 10.2 Å². The third-order valence-corrected chi connectivity index (χ3v) is 3.59. The number of nitrogens with zero attached hydrogens (tertiary/aromatic N) is 4. The van der Waals surface area contributed by atoms with Crippen molar-refractivity contribution in [2.24, 2.45) is 0 Å². The maximum atomic E-state index is 12.1. The summed E-state index contributed by atoms with van der Waals surface area (Å²) in [5, 5.41) is 14.6. The molecule has 7 nitrogen and oxygen atoms in total. The maximum Gasteiger partial charge on any atom is 0.422 e. The van der Waals surface area contributed by atoms with Crippen molar-refractivity contribution in [3.05, 3.63) is 60.2 Å². The molecule has 146 valence electrons. The van der Waals surface area contributed by atoms with Gasteiger partial charge in [0.25, 0.3) is 0 Å². The zero-order valence-electron chi connectivity index (χ0n) is 14.6. The second-order valence-corrected chi connectivity index (χ2v) is 5.83. The summed E-state index contributed by atoms with van der Waals surface area (Å²) in [5.41, 5.74) is 1.51. The number of hydrogen-bond donors (Lipinski definition) is 1. The lowest BCUT2D eigenvalue weighted by atomic mass is 10.2. The average Bonchev–Trinajstić information content (AvgIpc) is 3.14. The van der Waals surface area contributed by atoms with Crippen LogP contribution in [0.3, 0.4) is 0 Å². The molecule has 0 saturated carbocycles. The van der Waals surface area contributed by atoms with Gasteiger partial charge in [0.1, 0.15) is 12.3 Å². The third-order valence-electron chi connectivity index (χ3n) is 3.59. The molecule has 1 N–H and O–H groups in total. The molecule has 0 aliphatic carbocycles. The minimum atomic E-state index is -4.39. The van der Waals surface area contributed by atoms with Gasteiger partial charge in [0.05, 0.1) is 0 Å². The van der Waals surface area contributed by atoms with E-state index in [1.165, 1.54) is 16.9 Å². The summed E-state index contributed by atoms with van der Waals surface area (Å²) >= 11 is 0. The first-order valence-corrected chi connectivity index (χ1v) is 8.27. The Hall–Kier alpha value is -3.43. The molecule has 1 heterocycles. The van der Waals surface area contributed by atoms with Crippen LogP contribution in [0.1, 0.15) is 5.56 Å². The van der Waals surface area contributed by atoms with Crippen LogP contribution < -0.4 is 10.1 Å². The van der Waals surface area contributed by atoms with Crippen LogP contribution in [-0.4, -0.2) is 38.9 Å². The fraction of sp³-hybridized carbons (Fsp3) is 0.222. The Bertz CT molecular complexity index is 911. The van der Waals surface area contributed by atoms with Crippen molar-refractivity contribution < 1.29 is 22.7 Å². The summed E-state index contributed by atoms with van der Waals surface area (Å²) in [4.78, 5) is 13.2. The quantitative estimate of drug-likeness (QED) is 0.670. The lowest BCUT2D eigenvalue weighted by Gasteiger charge is -2.10. The van der Waals surface area contributed by atoms with Gasteiger partial charge in [0, 0.05) is 12.1 Å². The second-order valence-electron chi connectivity index (χ2n) is 5.83. The number of benzene rings is 2. The first kappa shape index (κ1) is 19.3. The highest BCUT2D eigenvalue weighted by molar-refractivity contribution is 5.75. The van der Waals surface area contributed by atoms with Gasteiger partial charge in [-0.25, -0.2) is 0 Å². The van der Waals surface area contributed by atoms with E-state index in [4.69, 9.17) is 0 Å². The maximum absolute atomic E-state index is 12.1. The fourth-order valence-corrected chi connectivity index (χ4v) is 2.27. The van der Waals surface area contributed by atoms with E-state index in [9.17, 15) is 18.0 Å². The number of tetrazole rings is 1. The number of rotatable bonds is 7. The molecule has 0 bridgehead atoms. The molecule has 3 aromatic rings. The van der Waals surface area contributed by atoms with Crippen molar-refractivity contribution in [3.63, 3.8) is 0 Å². The summed E-state index contributed by atoms with van der Waals surface area (Å²) < 4.78 is 41.0. The molecule has 0 atom stereocenters. The summed E-state index contributed by atoms with van der Waals surface area (Å²) in [6, 6.07) is 15.2. The predicted octanol–water partition coefficient (Wildman–Crippen LogP) is 2.60. The van der Waals surface area contributed by atoms with E-state index in [-0.39, 0.29) is 24.7 Å². The summed E-state index contributed by atoms with van der Waals surface area (Å²) in [5.74, 6) is 0.199. The molecule has 0 aliphatic rings. The summed E-state index contributed by atoms with van der Waals surface area (Å²) in [7, 11) is 0. The lowest BCUT2D eigenvalue weighted by Crippen LogP contribution is -2.28. The SMILES string of the molecule is O=C(Cn1nnc(-c2ccccc2)n1)NCc1ccc(OCC(F)(F)F)cc1. The molecule has 10 heteroatoms. The Labute approximate surface area is 158 Å². The van der Waals surface area contributed by atoms with Crippen LogP contribution >= 0.6 is 0 Å². The normalized spacial score (nSPS) is 11.2. The van der Waals surface area contributed by atoms with Crippen LogP contribution in [0.25, 0.3) is 11.4 Å². The number of ether oxygens (including phenoxy) is 1. The van der Waals surface area contributed by atoms with Crippen LogP contribution in [0.2, 0.25) is 0 Å². The number of nitrogens with one attached hydrogen (secondary N) is 1. The van der Waals surface area contributed by atoms with Crippen molar-refractivity contribution >= 4 is 5.91 Å². The Morgan fingerprint density at radius 3 is 2.46 bits per heavy atom. The van der Waals surface area contributed by atoms with E-state index in [0.717, 1.165) is 5.56 Å². The highest BCUT2D eigenvalue weighted by atomic mass is 19.4. The third kappa shape index (κ3) is 5.79. The van der Waals surface area contributed by atoms with Gasteiger partial charge in [-0.3, -0.25) is 4.79 Å². The van der Waals surface area contributed by atoms with E-state index in [0.29, 0.717) is 11.4 Å². The lowest BCUT2D eigenvalue weighted by molar-refractivity contribution is -0.153. The first-order chi connectivity index (χ1) is 13.4.